The molecule has 4 nitrogen and oxygen atoms in total. The van der Waals surface area contributed by atoms with Crippen LogP contribution in [0.3, 0.4) is 0 Å². The zero-order chi connectivity index (χ0) is 17.1. The number of aryl methyl sites for hydroxylation is 1. The molecule has 24 heavy (non-hydrogen) atoms. The number of aromatic nitrogens is 1. The van der Waals surface area contributed by atoms with Gasteiger partial charge in [0.2, 0.25) is 0 Å². The fourth-order valence-electron chi connectivity index (χ4n) is 2.80. The maximum absolute atomic E-state index is 9.60. The Kier molecular flexibility index (Phi) is 3.97. The van der Waals surface area contributed by atoms with Crippen LogP contribution in [0.1, 0.15) is 16.8 Å². The Morgan fingerprint density at radius 3 is 2.04 bits per heavy atom. The second-order valence-corrected chi connectivity index (χ2v) is 5.37. The number of anilines is 1. The number of nitriles is 2. The minimum absolute atomic E-state index is 0.217. The Bertz CT molecular complexity index is 975. The predicted molar refractivity (Wildman–Crippen MR) is 93.7 cm³/mol. The van der Waals surface area contributed by atoms with Crippen molar-refractivity contribution in [2.24, 2.45) is 0 Å². The van der Waals surface area contributed by atoms with Crippen molar-refractivity contribution >= 4 is 5.82 Å². The molecule has 0 atom stereocenters. The summed E-state index contributed by atoms with van der Waals surface area (Å²) in [5, 5.41) is 18.6. The highest BCUT2D eigenvalue weighted by Crippen LogP contribution is 2.38. The van der Waals surface area contributed by atoms with Crippen LogP contribution < -0.4 is 5.73 Å². The quantitative estimate of drug-likeness (QED) is 0.773. The second kappa shape index (κ2) is 6.24. The first-order valence-corrected chi connectivity index (χ1v) is 7.42. The van der Waals surface area contributed by atoms with Gasteiger partial charge < -0.3 is 5.73 Å². The van der Waals surface area contributed by atoms with Gasteiger partial charge in [0.1, 0.15) is 17.5 Å². The second-order valence-electron chi connectivity index (χ2n) is 5.37. The Morgan fingerprint density at radius 2 is 1.46 bits per heavy atom. The molecule has 0 amide bonds. The van der Waals surface area contributed by atoms with Gasteiger partial charge in [-0.25, -0.2) is 4.98 Å². The molecule has 0 saturated carbocycles. The fraction of sp³-hybridized carbons (Fsp3) is 0.0500. The van der Waals surface area contributed by atoms with Crippen molar-refractivity contribution in [2.45, 2.75) is 6.92 Å². The lowest BCUT2D eigenvalue weighted by molar-refractivity contribution is 1.20. The number of rotatable bonds is 2. The van der Waals surface area contributed by atoms with E-state index in [4.69, 9.17) is 11.0 Å². The van der Waals surface area contributed by atoms with E-state index in [0.29, 0.717) is 11.1 Å². The van der Waals surface area contributed by atoms with Crippen molar-refractivity contribution in [3.63, 3.8) is 0 Å². The van der Waals surface area contributed by atoms with Gasteiger partial charge in [-0.05, 0) is 30.2 Å². The van der Waals surface area contributed by atoms with Gasteiger partial charge in [0.05, 0.1) is 11.6 Å². The molecule has 2 N–H and O–H groups in total. The topological polar surface area (TPSA) is 86.5 Å². The molecule has 0 unspecified atom stereocenters. The molecule has 0 radical (unpaired) electrons. The minimum atomic E-state index is 0.217. The molecule has 0 aliphatic rings. The molecule has 3 rings (SSSR count). The van der Waals surface area contributed by atoms with Crippen molar-refractivity contribution in [3.05, 3.63) is 71.4 Å². The zero-order valence-electron chi connectivity index (χ0n) is 13.1. The number of nitrogen functional groups attached to an aromatic ring is 1. The monoisotopic (exact) mass is 310 g/mol. The van der Waals surface area contributed by atoms with Crippen LogP contribution in [0.5, 0.6) is 0 Å². The Hall–Kier alpha value is -3.63. The normalized spacial score (nSPS) is 9.96. The average Bonchev–Trinajstić information content (AvgIpc) is 2.62. The van der Waals surface area contributed by atoms with Gasteiger partial charge in [-0.3, -0.25) is 0 Å². The summed E-state index contributed by atoms with van der Waals surface area (Å²) < 4.78 is 0. The predicted octanol–water partition coefficient (Wildman–Crippen LogP) is 4.05. The standard InChI is InChI=1S/C20H14N4/c1-13-18(15-5-3-2-4-6-15)19(17(12-22)20(23)24-13)16-9-7-14(11-21)8-10-16/h2-10H,1H3,(H2,23,24). The molecular weight excluding hydrogens is 296 g/mol. The number of pyridine rings is 1. The largest absolute Gasteiger partial charge is 0.383 e. The van der Waals surface area contributed by atoms with Crippen molar-refractivity contribution < 1.29 is 0 Å². The molecule has 0 spiro atoms. The summed E-state index contributed by atoms with van der Waals surface area (Å²) in [7, 11) is 0. The highest BCUT2D eigenvalue weighted by Gasteiger charge is 2.19. The summed E-state index contributed by atoms with van der Waals surface area (Å²) in [6.45, 7) is 1.88. The summed E-state index contributed by atoms with van der Waals surface area (Å²) in [5.41, 5.74) is 11.1. The first-order chi connectivity index (χ1) is 11.7. The number of benzene rings is 2. The van der Waals surface area contributed by atoms with E-state index >= 15 is 0 Å². The fourth-order valence-corrected chi connectivity index (χ4v) is 2.80. The van der Waals surface area contributed by atoms with Gasteiger partial charge in [-0.15, -0.1) is 0 Å². The third-order valence-electron chi connectivity index (χ3n) is 3.88. The third kappa shape index (κ3) is 2.58. The molecule has 0 bridgehead atoms. The zero-order valence-corrected chi connectivity index (χ0v) is 13.1. The Morgan fingerprint density at radius 1 is 0.833 bits per heavy atom. The van der Waals surface area contributed by atoms with E-state index in [1.54, 1.807) is 12.1 Å². The van der Waals surface area contributed by atoms with Crippen LogP contribution in [0, 0.1) is 29.6 Å². The number of hydrogen-bond donors (Lipinski definition) is 1. The molecular formula is C20H14N4. The molecule has 0 aliphatic carbocycles. The summed E-state index contributed by atoms with van der Waals surface area (Å²) in [6, 6.07) is 21.2. The highest BCUT2D eigenvalue weighted by molar-refractivity contribution is 5.91. The first kappa shape index (κ1) is 15.3. The summed E-state index contributed by atoms with van der Waals surface area (Å²) >= 11 is 0. The summed E-state index contributed by atoms with van der Waals surface area (Å²) in [6.07, 6.45) is 0. The number of nitrogens with zero attached hydrogens (tertiary/aromatic N) is 3. The van der Waals surface area contributed by atoms with Crippen LogP contribution >= 0.6 is 0 Å². The number of nitrogens with two attached hydrogens (primary N) is 1. The van der Waals surface area contributed by atoms with E-state index in [1.165, 1.54) is 0 Å². The molecule has 1 heterocycles. The van der Waals surface area contributed by atoms with Gasteiger partial charge in [-0.2, -0.15) is 10.5 Å². The smallest absolute Gasteiger partial charge is 0.142 e. The highest BCUT2D eigenvalue weighted by atomic mass is 14.8. The molecule has 3 aromatic rings. The molecule has 0 aliphatic heterocycles. The summed E-state index contributed by atoms with van der Waals surface area (Å²) in [5.74, 6) is 0.217. The minimum Gasteiger partial charge on any atom is -0.383 e. The SMILES string of the molecule is Cc1nc(N)c(C#N)c(-c2ccc(C#N)cc2)c1-c1ccccc1. The first-order valence-electron chi connectivity index (χ1n) is 7.42. The van der Waals surface area contributed by atoms with E-state index in [-0.39, 0.29) is 5.82 Å². The van der Waals surface area contributed by atoms with Gasteiger partial charge in [-0.1, -0.05) is 42.5 Å². The van der Waals surface area contributed by atoms with E-state index in [9.17, 15) is 5.26 Å². The van der Waals surface area contributed by atoms with Crippen molar-refractivity contribution in [1.29, 1.82) is 10.5 Å². The summed E-state index contributed by atoms with van der Waals surface area (Å²) in [4.78, 5) is 4.34. The van der Waals surface area contributed by atoms with Gasteiger partial charge in [0.15, 0.2) is 0 Å². The average molecular weight is 310 g/mol. The maximum atomic E-state index is 9.60. The van der Waals surface area contributed by atoms with Crippen molar-refractivity contribution in [1.82, 2.24) is 4.98 Å². The van der Waals surface area contributed by atoms with Gasteiger partial charge in [0.25, 0.3) is 0 Å². The van der Waals surface area contributed by atoms with Crippen molar-refractivity contribution in [2.75, 3.05) is 5.73 Å². The van der Waals surface area contributed by atoms with Crippen LogP contribution in [0.2, 0.25) is 0 Å². The van der Waals surface area contributed by atoms with Crippen LogP contribution in [0.15, 0.2) is 54.6 Å². The van der Waals surface area contributed by atoms with E-state index < -0.39 is 0 Å². The lowest BCUT2D eigenvalue weighted by Gasteiger charge is -2.16. The van der Waals surface area contributed by atoms with Crippen LogP contribution in [0.4, 0.5) is 5.82 Å². The van der Waals surface area contributed by atoms with E-state index in [2.05, 4.69) is 17.1 Å². The molecule has 1 aromatic heterocycles. The van der Waals surface area contributed by atoms with Crippen LogP contribution in [-0.4, -0.2) is 4.98 Å². The lowest BCUT2D eigenvalue weighted by atomic mass is 9.90. The van der Waals surface area contributed by atoms with Crippen molar-refractivity contribution in [3.8, 4) is 34.4 Å². The molecule has 0 saturated heterocycles. The van der Waals surface area contributed by atoms with E-state index in [0.717, 1.165) is 27.9 Å². The molecule has 4 heteroatoms. The molecule has 114 valence electrons. The Balaban J connectivity index is 2.37. The van der Waals surface area contributed by atoms with Gasteiger partial charge >= 0.3 is 0 Å². The van der Waals surface area contributed by atoms with Gasteiger partial charge in [0, 0.05) is 16.8 Å². The lowest BCUT2D eigenvalue weighted by Crippen LogP contribution is -2.03. The third-order valence-corrected chi connectivity index (χ3v) is 3.88. The Labute approximate surface area is 140 Å². The maximum Gasteiger partial charge on any atom is 0.142 e. The van der Waals surface area contributed by atoms with E-state index in [1.807, 2.05) is 49.4 Å². The van der Waals surface area contributed by atoms with Crippen LogP contribution in [-0.2, 0) is 0 Å². The number of hydrogen-bond acceptors (Lipinski definition) is 4. The molecule has 0 fully saturated rings. The molecule has 2 aromatic carbocycles. The van der Waals surface area contributed by atoms with Crippen LogP contribution in [0.25, 0.3) is 22.3 Å².